The number of unbranched alkanes of at least 4 members (excludes halogenated alkanes) is 3. The van der Waals surface area contributed by atoms with Gasteiger partial charge in [0.05, 0.1) is 21.3 Å². The van der Waals surface area contributed by atoms with Crippen LogP contribution in [0.1, 0.15) is 114 Å². The van der Waals surface area contributed by atoms with Crippen LogP contribution >= 0.6 is 12.4 Å². The molecule has 3 aromatic heterocycles. The standard InChI is InChI=1S/C73H88N12O9.ClH/c1-43-58(55-28-25-52(92-4)37-61(55)80-43)40-64(86)71(77,31-7-10-34-74)68(89)83-49-19-13-46(14-20-49)67(47-15-21-50(22-16-47)84-69(90)72(78,32-8-11-35-75)65(87)41-59-44(2)81-62-38-53(93-5)26-29-56(59)62)48-17-23-51(24-18-48)85-70(91)73(79,33-9-12-36-76)66(88)42-60-45(3)82-63-39-54(94-6)27-30-57(60)63;/h13-30,37-39,67,80-82H,7-12,31-36,40-42,74-79H2,1-6H3,(H,83,89)(H,84,90)(H,85,91);1H/t71-,72-,73-;/m0./s1. The number of hydrogen-bond donors (Lipinski definition) is 12. The number of nitrogens with two attached hydrogens (primary N) is 6. The Labute approximate surface area is 559 Å². The zero-order valence-electron chi connectivity index (χ0n) is 54.9. The highest BCUT2D eigenvalue weighted by atomic mass is 35.5. The number of fused-ring (bicyclic) bond motifs is 3. The van der Waals surface area contributed by atoms with E-state index in [-0.39, 0.29) is 50.9 Å². The van der Waals surface area contributed by atoms with Crippen LogP contribution in [0.5, 0.6) is 17.2 Å². The lowest BCUT2D eigenvalue weighted by atomic mass is 9.83. The van der Waals surface area contributed by atoms with Crippen LogP contribution in [0.3, 0.4) is 0 Å². The summed E-state index contributed by atoms with van der Waals surface area (Å²) >= 11 is 0. The maximum Gasteiger partial charge on any atom is 0.252 e. The first-order chi connectivity index (χ1) is 45.1. The number of methoxy groups -OCH3 is 3. The van der Waals surface area contributed by atoms with E-state index in [1.54, 1.807) is 57.7 Å². The SMILES string of the molecule is COc1ccc2c(CC(=O)[C@@](N)(CCCCN)C(=O)Nc3ccc(C(c4ccc(NC(=O)[C@](N)(CCCCN)C(=O)Cc5c(C)[nH]c6cc(OC)ccc56)cc4)c4ccc(NC(=O)[C@](N)(CCCCN)C(=O)Cc5c(C)[nH]c6cc(OC)ccc56)cc4)cc3)c(C)[nH]c2c1.Cl. The number of halogens is 1. The van der Waals surface area contributed by atoms with Gasteiger partial charge in [-0.1, -0.05) is 36.4 Å². The minimum atomic E-state index is -1.91. The van der Waals surface area contributed by atoms with Gasteiger partial charge in [-0.2, -0.15) is 0 Å². The number of nitrogens with one attached hydrogen (secondary N) is 6. The first kappa shape index (κ1) is 71.7. The van der Waals surface area contributed by atoms with Crippen molar-refractivity contribution < 1.29 is 43.0 Å². The minimum absolute atomic E-state index is 0. The lowest BCUT2D eigenvalue weighted by molar-refractivity contribution is -0.134. The number of aryl methyl sites for hydroxylation is 3. The molecule has 0 aliphatic carbocycles. The molecule has 95 heavy (non-hydrogen) atoms. The lowest BCUT2D eigenvalue weighted by Crippen LogP contribution is -2.58. The molecule has 0 saturated heterocycles. The number of aromatic nitrogens is 3. The number of anilines is 3. The normalized spacial score (nSPS) is 13.4. The number of rotatable bonds is 33. The Kier molecular flexibility index (Phi) is 23.7. The molecule has 9 aromatic rings. The van der Waals surface area contributed by atoms with Gasteiger partial charge in [-0.25, -0.2) is 0 Å². The molecule has 6 aromatic carbocycles. The van der Waals surface area contributed by atoms with Gasteiger partial charge in [-0.15, -0.1) is 12.4 Å². The quantitative estimate of drug-likeness (QED) is 0.0103. The Balaban J connectivity index is 0.0000116. The zero-order chi connectivity index (χ0) is 67.5. The summed E-state index contributed by atoms with van der Waals surface area (Å²) in [6.07, 6.45) is 2.87. The molecule has 0 aliphatic rings. The molecule has 0 radical (unpaired) electrons. The molecule has 0 unspecified atom stereocenters. The molecule has 0 aliphatic heterocycles. The van der Waals surface area contributed by atoms with Crippen LogP contribution in [0, 0.1) is 20.8 Å². The molecule has 22 heteroatoms. The summed E-state index contributed by atoms with van der Waals surface area (Å²) in [6.45, 7) is 6.69. The third kappa shape index (κ3) is 15.8. The van der Waals surface area contributed by atoms with E-state index in [2.05, 4.69) is 30.9 Å². The van der Waals surface area contributed by atoms with Crippen molar-refractivity contribution in [3.63, 3.8) is 0 Å². The van der Waals surface area contributed by atoms with Crippen LogP contribution in [0.25, 0.3) is 32.7 Å². The van der Waals surface area contributed by atoms with Crippen molar-refractivity contribution in [2.75, 3.05) is 56.9 Å². The predicted molar refractivity (Wildman–Crippen MR) is 378 cm³/mol. The van der Waals surface area contributed by atoms with Gasteiger partial charge in [0, 0.05) is 110 Å². The molecule has 3 amide bonds. The molecular formula is C73H89ClN12O9. The van der Waals surface area contributed by atoms with Crippen molar-refractivity contribution >= 4 is 97.2 Å². The largest absolute Gasteiger partial charge is 0.497 e. The van der Waals surface area contributed by atoms with Gasteiger partial charge in [-0.05, 0) is 204 Å². The number of hydrogen-bond acceptors (Lipinski definition) is 15. The predicted octanol–water partition coefficient (Wildman–Crippen LogP) is 9.41. The monoisotopic (exact) mass is 1310 g/mol. The fourth-order valence-electron chi connectivity index (χ4n) is 12.5. The van der Waals surface area contributed by atoms with Gasteiger partial charge in [0.25, 0.3) is 17.7 Å². The molecule has 0 spiro atoms. The van der Waals surface area contributed by atoms with Gasteiger partial charge >= 0.3 is 0 Å². The topological polar surface area (TPSA) is 370 Å². The molecule has 3 atom stereocenters. The molecule has 0 bridgehead atoms. The summed E-state index contributed by atoms with van der Waals surface area (Å²) in [7, 11) is 4.75. The average molecular weight is 1310 g/mol. The van der Waals surface area contributed by atoms with Gasteiger partial charge < -0.3 is 79.5 Å². The molecule has 502 valence electrons. The van der Waals surface area contributed by atoms with Crippen LogP contribution < -0.4 is 64.6 Å². The number of Topliss-reactive ketones (excluding diaryl/α,β-unsaturated/α-hetero) is 3. The third-order valence-corrected chi connectivity index (χ3v) is 18.3. The molecular weight excluding hydrogens is 1220 g/mol. The van der Waals surface area contributed by atoms with Crippen LogP contribution in [-0.4, -0.2) is 108 Å². The Hall–Kier alpha value is -9.19. The van der Waals surface area contributed by atoms with Gasteiger partial charge in [0.1, 0.15) is 17.2 Å². The highest BCUT2D eigenvalue weighted by Crippen LogP contribution is 2.37. The average Bonchev–Trinajstić information content (AvgIpc) is 1.77. The second kappa shape index (κ2) is 31.4. The number of ketones is 3. The second-order valence-electron chi connectivity index (χ2n) is 24.5. The van der Waals surface area contributed by atoms with Gasteiger partial charge in [0.15, 0.2) is 34.0 Å². The fraction of sp³-hybridized carbons (Fsp3) is 0.342. The van der Waals surface area contributed by atoms with Crippen LogP contribution in [-0.2, 0) is 48.0 Å². The first-order valence-corrected chi connectivity index (χ1v) is 31.9. The van der Waals surface area contributed by atoms with Crippen molar-refractivity contribution in [1.82, 2.24) is 15.0 Å². The summed E-state index contributed by atoms with van der Waals surface area (Å²) < 4.78 is 16.3. The molecule has 0 saturated carbocycles. The number of aromatic amines is 3. The van der Waals surface area contributed by atoms with E-state index in [1.165, 1.54) is 0 Å². The summed E-state index contributed by atoms with van der Waals surface area (Å²) in [4.78, 5) is 96.8. The van der Waals surface area contributed by atoms with Crippen molar-refractivity contribution in [3.05, 3.63) is 178 Å². The van der Waals surface area contributed by atoms with E-state index >= 15 is 0 Å². The summed E-state index contributed by atoms with van der Waals surface area (Å²) in [5.41, 5.74) is 43.1. The highest BCUT2D eigenvalue weighted by Gasteiger charge is 2.44. The van der Waals surface area contributed by atoms with Crippen LogP contribution in [0.4, 0.5) is 17.1 Å². The molecule has 21 nitrogen and oxygen atoms in total. The van der Waals surface area contributed by atoms with E-state index in [4.69, 9.17) is 48.6 Å². The Bertz CT molecular complexity index is 3790. The van der Waals surface area contributed by atoms with Gasteiger partial charge in [-0.3, -0.25) is 28.8 Å². The smallest absolute Gasteiger partial charge is 0.252 e. The fourth-order valence-corrected chi connectivity index (χ4v) is 12.5. The van der Waals surface area contributed by atoms with E-state index < -0.39 is 57.6 Å². The van der Waals surface area contributed by atoms with E-state index in [1.807, 2.05) is 112 Å². The van der Waals surface area contributed by atoms with Crippen molar-refractivity contribution in [2.24, 2.45) is 34.4 Å². The number of H-pyrrole nitrogens is 3. The highest BCUT2D eigenvalue weighted by molar-refractivity contribution is 6.18. The van der Waals surface area contributed by atoms with Crippen molar-refractivity contribution in [3.8, 4) is 17.2 Å². The summed E-state index contributed by atoms with van der Waals surface area (Å²) in [6, 6.07) is 38.2. The number of benzene rings is 6. The van der Waals surface area contributed by atoms with E-state index in [0.717, 1.165) is 83.2 Å². The van der Waals surface area contributed by atoms with E-state index in [9.17, 15) is 28.8 Å². The number of carbonyl (C=O) groups is 6. The zero-order valence-corrected chi connectivity index (χ0v) is 55.7. The molecule has 9 rings (SSSR count). The minimum Gasteiger partial charge on any atom is -0.497 e. The van der Waals surface area contributed by atoms with Crippen molar-refractivity contribution in [1.29, 1.82) is 0 Å². The summed E-state index contributed by atoms with van der Waals surface area (Å²) in [5.74, 6) is -1.90. The number of amides is 3. The maximum absolute atomic E-state index is 14.5. The van der Waals surface area contributed by atoms with Crippen LogP contribution in [0.15, 0.2) is 127 Å². The van der Waals surface area contributed by atoms with Crippen molar-refractivity contribution in [2.45, 2.75) is 120 Å². The number of ether oxygens (including phenoxy) is 3. The van der Waals surface area contributed by atoms with Gasteiger partial charge in [0.2, 0.25) is 0 Å². The first-order valence-electron chi connectivity index (χ1n) is 31.9. The Morgan fingerprint density at radius 1 is 0.400 bits per heavy atom. The Morgan fingerprint density at radius 3 is 0.884 bits per heavy atom. The second-order valence-corrected chi connectivity index (χ2v) is 24.5. The maximum atomic E-state index is 14.5. The van der Waals surface area contributed by atoms with Crippen LogP contribution in [0.2, 0.25) is 0 Å². The summed E-state index contributed by atoms with van der Waals surface area (Å²) in [5, 5.41) is 11.3. The third-order valence-electron chi connectivity index (χ3n) is 18.3. The number of carbonyl (C=O) groups excluding carboxylic acids is 6. The molecule has 18 N–H and O–H groups in total. The Morgan fingerprint density at radius 2 is 0.653 bits per heavy atom. The molecule has 3 heterocycles. The van der Waals surface area contributed by atoms with E-state index in [0.29, 0.717) is 92.5 Å². The lowest BCUT2D eigenvalue weighted by Gasteiger charge is -2.28. The molecule has 0 fully saturated rings.